The quantitative estimate of drug-likeness (QED) is 0.624. The molecule has 122 valence electrons. The van der Waals surface area contributed by atoms with Crippen molar-refractivity contribution < 1.29 is 8.42 Å². The second kappa shape index (κ2) is 4.66. The van der Waals surface area contributed by atoms with Crippen molar-refractivity contribution in [2.75, 3.05) is 0 Å². The van der Waals surface area contributed by atoms with Gasteiger partial charge in [0.1, 0.15) is 11.5 Å². The predicted molar refractivity (Wildman–Crippen MR) is 87.8 cm³/mol. The van der Waals surface area contributed by atoms with Gasteiger partial charge < -0.3 is 9.97 Å². The van der Waals surface area contributed by atoms with Crippen LogP contribution in [0.25, 0.3) is 26.8 Å². The Bertz CT molecular complexity index is 1200. The zero-order valence-electron chi connectivity index (χ0n) is 12.7. The van der Waals surface area contributed by atoms with E-state index in [1.165, 1.54) is 12.1 Å². The minimum absolute atomic E-state index is 0.0460. The Morgan fingerprint density at radius 2 is 2.08 bits per heavy atom. The number of aromatic nitrogens is 3. The van der Waals surface area contributed by atoms with Gasteiger partial charge in [0.2, 0.25) is 10.0 Å². The minimum atomic E-state index is -3.80. The lowest BCUT2D eigenvalue weighted by Crippen LogP contribution is -2.34. The summed E-state index contributed by atoms with van der Waals surface area (Å²) in [5.74, 6) is 0.473. The number of rotatable bonds is 3. The van der Waals surface area contributed by atoms with Gasteiger partial charge >= 0.3 is 0 Å². The van der Waals surface area contributed by atoms with E-state index < -0.39 is 15.7 Å². The number of nitrogens with one attached hydrogen (secondary N) is 3. The fourth-order valence-corrected chi connectivity index (χ4v) is 4.12. The molecule has 0 saturated heterocycles. The molecule has 1 aromatic carbocycles. The summed E-state index contributed by atoms with van der Waals surface area (Å²) in [6, 6.07) is 4.46. The molecule has 0 radical (unpaired) electrons. The standard InChI is InChI=1S/C15H13N5O3S/c1-8-17-13-12(14(21)18-8)10-4-3-9(7-11(10)19-13)24(22,23)20-15(16-2)5-6-15/h3-4,7,20H,5-6H2,1H3,(H2,17,18,19,21). The molecule has 0 atom stereocenters. The Morgan fingerprint density at radius 3 is 2.75 bits per heavy atom. The smallest absolute Gasteiger partial charge is 0.299 e. The SMILES string of the molecule is [C-]#[N+]C1(NS(=O)(=O)c2ccc3c(c2)[nH]c2nc(C)[nH]c(=O)c23)CC1. The minimum Gasteiger partial charge on any atom is -0.339 e. The average molecular weight is 343 g/mol. The molecule has 0 aliphatic heterocycles. The van der Waals surface area contributed by atoms with E-state index in [0.29, 0.717) is 40.6 Å². The molecule has 2 heterocycles. The first-order valence-electron chi connectivity index (χ1n) is 7.29. The van der Waals surface area contributed by atoms with E-state index in [4.69, 9.17) is 6.57 Å². The van der Waals surface area contributed by atoms with E-state index in [-0.39, 0.29) is 10.5 Å². The van der Waals surface area contributed by atoms with Gasteiger partial charge in [-0.05, 0) is 19.1 Å². The second-order valence-electron chi connectivity index (χ2n) is 5.96. The van der Waals surface area contributed by atoms with Crippen LogP contribution in [-0.2, 0) is 10.0 Å². The van der Waals surface area contributed by atoms with E-state index in [0.717, 1.165) is 0 Å². The number of fused-ring (bicyclic) bond motifs is 3. The highest BCUT2D eigenvalue weighted by atomic mass is 32.2. The summed E-state index contributed by atoms with van der Waals surface area (Å²) in [4.78, 5) is 25.4. The zero-order valence-corrected chi connectivity index (χ0v) is 13.5. The number of aryl methyl sites for hydroxylation is 1. The molecule has 9 heteroatoms. The van der Waals surface area contributed by atoms with E-state index in [2.05, 4.69) is 24.5 Å². The Hall–Kier alpha value is -2.70. The van der Waals surface area contributed by atoms with Crippen LogP contribution in [0.2, 0.25) is 0 Å². The van der Waals surface area contributed by atoms with Crippen LogP contribution in [0.4, 0.5) is 0 Å². The third-order valence-electron chi connectivity index (χ3n) is 4.12. The highest BCUT2D eigenvalue weighted by Crippen LogP contribution is 2.38. The number of H-pyrrole nitrogens is 2. The van der Waals surface area contributed by atoms with Crippen LogP contribution in [0.3, 0.4) is 0 Å². The first kappa shape index (κ1) is 14.9. The van der Waals surface area contributed by atoms with Gasteiger partial charge in [-0.2, -0.15) is 0 Å². The third-order valence-corrected chi connectivity index (χ3v) is 5.65. The molecule has 1 aliphatic rings. The maximum Gasteiger partial charge on any atom is 0.299 e. The molecule has 8 nitrogen and oxygen atoms in total. The van der Waals surface area contributed by atoms with Crippen LogP contribution in [0.15, 0.2) is 27.9 Å². The fraction of sp³-hybridized carbons (Fsp3) is 0.267. The predicted octanol–water partition coefficient (Wildman–Crippen LogP) is 1.40. The molecule has 0 bridgehead atoms. The highest BCUT2D eigenvalue weighted by molar-refractivity contribution is 7.89. The van der Waals surface area contributed by atoms with Gasteiger partial charge in [-0.1, -0.05) is 6.07 Å². The van der Waals surface area contributed by atoms with E-state index in [9.17, 15) is 13.2 Å². The molecule has 24 heavy (non-hydrogen) atoms. The second-order valence-corrected chi connectivity index (χ2v) is 7.64. The zero-order chi connectivity index (χ0) is 17.1. The Morgan fingerprint density at radius 1 is 1.33 bits per heavy atom. The van der Waals surface area contributed by atoms with Crippen LogP contribution in [-0.4, -0.2) is 29.0 Å². The highest BCUT2D eigenvalue weighted by Gasteiger charge is 2.54. The van der Waals surface area contributed by atoms with E-state index >= 15 is 0 Å². The summed E-state index contributed by atoms with van der Waals surface area (Å²) in [6.45, 7) is 8.78. The molecule has 0 spiro atoms. The Balaban J connectivity index is 1.87. The lowest BCUT2D eigenvalue weighted by atomic mass is 10.2. The van der Waals surface area contributed by atoms with Gasteiger partial charge in [-0.3, -0.25) is 9.64 Å². The van der Waals surface area contributed by atoms with Gasteiger partial charge in [0.15, 0.2) is 0 Å². The normalized spacial score (nSPS) is 16.3. The van der Waals surface area contributed by atoms with Crippen molar-refractivity contribution in [1.29, 1.82) is 0 Å². The summed E-state index contributed by atoms with van der Waals surface area (Å²) in [7, 11) is -3.80. The van der Waals surface area contributed by atoms with Crippen LogP contribution >= 0.6 is 0 Å². The van der Waals surface area contributed by atoms with Crippen molar-refractivity contribution in [2.24, 2.45) is 0 Å². The Labute approximate surface area is 136 Å². The molecule has 0 unspecified atom stereocenters. The van der Waals surface area contributed by atoms with Crippen molar-refractivity contribution >= 4 is 32.0 Å². The number of hydrogen-bond donors (Lipinski definition) is 3. The number of hydrogen-bond acceptors (Lipinski definition) is 4. The maximum absolute atomic E-state index is 12.5. The number of aromatic amines is 2. The summed E-state index contributed by atoms with van der Waals surface area (Å²) in [5.41, 5.74) is -0.357. The molecule has 1 aliphatic carbocycles. The molecule has 1 fully saturated rings. The van der Waals surface area contributed by atoms with Gasteiger partial charge in [-0.15, -0.1) is 4.72 Å². The summed E-state index contributed by atoms with van der Waals surface area (Å²) in [6.07, 6.45) is 1.03. The summed E-state index contributed by atoms with van der Waals surface area (Å²) in [5, 5.41) is 0.997. The van der Waals surface area contributed by atoms with E-state index in [1.54, 1.807) is 13.0 Å². The number of benzene rings is 1. The lowest BCUT2D eigenvalue weighted by Gasteiger charge is -2.07. The van der Waals surface area contributed by atoms with Gasteiger partial charge in [0.05, 0.1) is 23.1 Å². The van der Waals surface area contributed by atoms with Crippen LogP contribution in [0.5, 0.6) is 0 Å². The van der Waals surface area contributed by atoms with Gasteiger partial charge in [0, 0.05) is 10.9 Å². The fourth-order valence-electron chi connectivity index (χ4n) is 2.73. The van der Waals surface area contributed by atoms with Crippen LogP contribution < -0.4 is 10.3 Å². The molecule has 0 amide bonds. The Kier molecular flexibility index (Phi) is 2.88. The average Bonchev–Trinajstić information content (AvgIpc) is 3.17. The van der Waals surface area contributed by atoms with Crippen molar-refractivity contribution in [3.8, 4) is 0 Å². The molecule has 3 N–H and O–H groups in total. The van der Waals surface area contributed by atoms with E-state index in [1.807, 2.05) is 0 Å². The number of sulfonamides is 1. The van der Waals surface area contributed by atoms with Crippen LogP contribution in [0, 0.1) is 13.5 Å². The molecule has 1 saturated carbocycles. The summed E-state index contributed by atoms with van der Waals surface area (Å²) < 4.78 is 27.4. The van der Waals surface area contributed by atoms with Crippen molar-refractivity contribution in [2.45, 2.75) is 30.3 Å². The number of nitrogens with zero attached hydrogens (tertiary/aromatic N) is 2. The maximum atomic E-state index is 12.5. The monoisotopic (exact) mass is 343 g/mol. The van der Waals surface area contributed by atoms with Crippen molar-refractivity contribution in [3.63, 3.8) is 0 Å². The molecule has 3 aromatic rings. The van der Waals surface area contributed by atoms with Gasteiger partial charge in [-0.25, -0.2) is 20.0 Å². The molecule has 4 rings (SSSR count). The first-order valence-corrected chi connectivity index (χ1v) is 8.77. The largest absolute Gasteiger partial charge is 0.339 e. The van der Waals surface area contributed by atoms with Crippen molar-refractivity contribution in [3.05, 3.63) is 45.8 Å². The molecule has 2 aromatic heterocycles. The molecular formula is C15H13N5O3S. The molecular weight excluding hydrogens is 330 g/mol. The summed E-state index contributed by atoms with van der Waals surface area (Å²) >= 11 is 0. The third kappa shape index (κ3) is 2.19. The van der Waals surface area contributed by atoms with Gasteiger partial charge in [0.25, 0.3) is 11.2 Å². The lowest BCUT2D eigenvalue weighted by molar-refractivity contribution is 0.568. The van der Waals surface area contributed by atoms with Crippen LogP contribution in [0.1, 0.15) is 18.7 Å². The van der Waals surface area contributed by atoms with Crippen molar-refractivity contribution in [1.82, 2.24) is 19.7 Å². The topological polar surface area (TPSA) is 112 Å². The first-order chi connectivity index (χ1) is 11.3.